The van der Waals surface area contributed by atoms with Crippen molar-refractivity contribution in [3.63, 3.8) is 0 Å². The lowest BCUT2D eigenvalue weighted by atomic mass is 10.1. The van der Waals surface area contributed by atoms with Crippen LogP contribution in [0.4, 0.5) is 15.8 Å². The standard InChI is InChI=1S/C19H20FN3O2/c1-22(2)15-7-3-13(4-8-15)18(24)21-17-11-12-23(19(17)25)16-9-5-14(20)6-10-16/h3-10,17H,11-12H2,1-2H3,(H,21,24)/t17-/m0/s1. The highest BCUT2D eigenvalue weighted by atomic mass is 19.1. The maximum Gasteiger partial charge on any atom is 0.251 e. The predicted octanol–water partition coefficient (Wildman–Crippen LogP) is 2.43. The molecule has 2 aromatic rings. The minimum absolute atomic E-state index is 0.176. The smallest absolute Gasteiger partial charge is 0.251 e. The van der Waals surface area contributed by atoms with Gasteiger partial charge in [0.1, 0.15) is 11.9 Å². The summed E-state index contributed by atoms with van der Waals surface area (Å²) in [6.07, 6.45) is 0.526. The fourth-order valence-corrected chi connectivity index (χ4v) is 2.84. The molecule has 1 heterocycles. The van der Waals surface area contributed by atoms with Gasteiger partial charge in [-0.05, 0) is 55.0 Å². The van der Waals surface area contributed by atoms with Crippen molar-refractivity contribution >= 4 is 23.2 Å². The van der Waals surface area contributed by atoms with E-state index in [1.54, 1.807) is 29.2 Å². The van der Waals surface area contributed by atoms with Crippen LogP contribution >= 0.6 is 0 Å². The van der Waals surface area contributed by atoms with Gasteiger partial charge in [-0.15, -0.1) is 0 Å². The first kappa shape index (κ1) is 17.0. The van der Waals surface area contributed by atoms with Crippen molar-refractivity contribution in [2.24, 2.45) is 0 Å². The van der Waals surface area contributed by atoms with Crippen LogP contribution in [0.1, 0.15) is 16.8 Å². The third kappa shape index (κ3) is 3.63. The molecule has 1 aliphatic rings. The Bertz CT molecular complexity index is 772. The van der Waals surface area contributed by atoms with Crippen molar-refractivity contribution in [1.82, 2.24) is 5.32 Å². The molecule has 1 saturated heterocycles. The Balaban J connectivity index is 1.66. The van der Waals surface area contributed by atoms with Crippen LogP contribution in [-0.2, 0) is 4.79 Å². The highest BCUT2D eigenvalue weighted by molar-refractivity contribution is 6.03. The number of carbonyl (C=O) groups is 2. The van der Waals surface area contributed by atoms with E-state index in [1.807, 2.05) is 31.1 Å². The summed E-state index contributed by atoms with van der Waals surface area (Å²) in [6.45, 7) is 0.495. The van der Waals surface area contributed by atoms with E-state index < -0.39 is 6.04 Å². The van der Waals surface area contributed by atoms with Crippen LogP contribution in [0, 0.1) is 5.82 Å². The third-order valence-electron chi connectivity index (χ3n) is 4.30. The van der Waals surface area contributed by atoms with Crippen LogP contribution in [0.2, 0.25) is 0 Å². The van der Waals surface area contributed by atoms with Crippen molar-refractivity contribution in [3.05, 3.63) is 59.9 Å². The third-order valence-corrected chi connectivity index (χ3v) is 4.30. The molecule has 3 rings (SSSR count). The van der Waals surface area contributed by atoms with Crippen molar-refractivity contribution in [2.45, 2.75) is 12.5 Å². The van der Waals surface area contributed by atoms with Gasteiger partial charge < -0.3 is 15.1 Å². The van der Waals surface area contributed by atoms with Gasteiger partial charge in [-0.3, -0.25) is 9.59 Å². The molecule has 1 atom stereocenters. The number of hydrogen-bond donors (Lipinski definition) is 1. The van der Waals surface area contributed by atoms with Crippen LogP contribution in [-0.4, -0.2) is 38.5 Å². The van der Waals surface area contributed by atoms with Gasteiger partial charge in [0.15, 0.2) is 0 Å². The van der Waals surface area contributed by atoms with Gasteiger partial charge in [-0.2, -0.15) is 0 Å². The number of nitrogens with one attached hydrogen (secondary N) is 1. The number of rotatable bonds is 4. The van der Waals surface area contributed by atoms with Crippen LogP contribution in [0.15, 0.2) is 48.5 Å². The first-order valence-electron chi connectivity index (χ1n) is 8.11. The van der Waals surface area contributed by atoms with E-state index in [-0.39, 0.29) is 17.6 Å². The number of benzene rings is 2. The minimum Gasteiger partial charge on any atom is -0.378 e. The van der Waals surface area contributed by atoms with E-state index in [0.29, 0.717) is 24.2 Å². The topological polar surface area (TPSA) is 52.7 Å². The fraction of sp³-hybridized carbons (Fsp3) is 0.263. The summed E-state index contributed by atoms with van der Waals surface area (Å²) in [5.74, 6) is -0.795. The Hall–Kier alpha value is -2.89. The Morgan fingerprint density at radius 3 is 2.36 bits per heavy atom. The molecule has 0 unspecified atom stereocenters. The van der Waals surface area contributed by atoms with E-state index in [4.69, 9.17) is 0 Å². The zero-order valence-corrected chi connectivity index (χ0v) is 14.2. The zero-order chi connectivity index (χ0) is 18.0. The molecule has 1 aliphatic heterocycles. The maximum absolute atomic E-state index is 13.0. The second-order valence-corrected chi connectivity index (χ2v) is 6.22. The van der Waals surface area contributed by atoms with Crippen LogP contribution in [0.25, 0.3) is 0 Å². The second-order valence-electron chi connectivity index (χ2n) is 6.22. The van der Waals surface area contributed by atoms with Gasteiger partial charge >= 0.3 is 0 Å². The average Bonchev–Trinajstić information content (AvgIpc) is 2.96. The lowest BCUT2D eigenvalue weighted by molar-refractivity contribution is -0.118. The average molecular weight is 341 g/mol. The van der Waals surface area contributed by atoms with Crippen molar-refractivity contribution in [3.8, 4) is 0 Å². The quantitative estimate of drug-likeness (QED) is 0.929. The zero-order valence-electron chi connectivity index (χ0n) is 14.2. The van der Waals surface area contributed by atoms with Crippen LogP contribution in [0.3, 0.4) is 0 Å². The number of anilines is 2. The van der Waals surface area contributed by atoms with Crippen molar-refractivity contribution in [1.29, 1.82) is 0 Å². The number of amides is 2. The van der Waals surface area contributed by atoms with Crippen LogP contribution in [0.5, 0.6) is 0 Å². The van der Waals surface area contributed by atoms with E-state index in [2.05, 4.69) is 5.32 Å². The molecule has 25 heavy (non-hydrogen) atoms. The normalized spacial score (nSPS) is 16.8. The molecule has 2 aromatic carbocycles. The van der Waals surface area contributed by atoms with Crippen molar-refractivity contribution in [2.75, 3.05) is 30.4 Å². The molecule has 130 valence electrons. The molecular formula is C19H20FN3O2. The van der Waals surface area contributed by atoms with E-state index in [0.717, 1.165) is 5.69 Å². The number of hydrogen-bond acceptors (Lipinski definition) is 3. The summed E-state index contributed by atoms with van der Waals surface area (Å²) in [5, 5.41) is 2.79. The molecule has 1 N–H and O–H groups in total. The summed E-state index contributed by atoms with van der Waals surface area (Å²) in [7, 11) is 3.85. The molecule has 0 spiro atoms. The van der Waals surface area contributed by atoms with E-state index in [9.17, 15) is 14.0 Å². The molecule has 6 heteroatoms. The lowest BCUT2D eigenvalue weighted by Crippen LogP contribution is -2.41. The number of carbonyl (C=O) groups excluding carboxylic acids is 2. The molecule has 2 amide bonds. The second kappa shape index (κ2) is 6.93. The molecule has 5 nitrogen and oxygen atoms in total. The summed E-state index contributed by atoms with van der Waals surface area (Å²) in [4.78, 5) is 28.4. The lowest BCUT2D eigenvalue weighted by Gasteiger charge is -2.17. The number of halogens is 1. The number of nitrogens with zero attached hydrogens (tertiary/aromatic N) is 2. The first-order valence-corrected chi connectivity index (χ1v) is 8.11. The Labute approximate surface area is 146 Å². The van der Waals surface area contributed by atoms with E-state index >= 15 is 0 Å². The summed E-state index contributed by atoms with van der Waals surface area (Å²) in [6, 6.07) is 12.4. The molecule has 0 bridgehead atoms. The molecule has 0 aromatic heterocycles. The van der Waals surface area contributed by atoms with Gasteiger partial charge in [0.05, 0.1) is 0 Å². The van der Waals surface area contributed by atoms with E-state index in [1.165, 1.54) is 12.1 Å². The molecule has 1 fully saturated rings. The predicted molar refractivity (Wildman–Crippen MR) is 95.4 cm³/mol. The van der Waals surface area contributed by atoms with Gasteiger partial charge in [-0.25, -0.2) is 4.39 Å². The fourth-order valence-electron chi connectivity index (χ4n) is 2.84. The summed E-state index contributed by atoms with van der Waals surface area (Å²) in [5.41, 5.74) is 2.15. The maximum atomic E-state index is 13.0. The largest absolute Gasteiger partial charge is 0.378 e. The highest BCUT2D eigenvalue weighted by Crippen LogP contribution is 2.22. The molecule has 0 radical (unpaired) electrons. The molecular weight excluding hydrogens is 321 g/mol. The summed E-state index contributed by atoms with van der Waals surface area (Å²) < 4.78 is 13.0. The van der Waals surface area contributed by atoms with Gasteiger partial charge in [0.2, 0.25) is 5.91 Å². The SMILES string of the molecule is CN(C)c1ccc(C(=O)N[C@H]2CCN(c3ccc(F)cc3)C2=O)cc1. The van der Waals surface area contributed by atoms with Crippen molar-refractivity contribution < 1.29 is 14.0 Å². The first-order chi connectivity index (χ1) is 12.0. The monoisotopic (exact) mass is 341 g/mol. The van der Waals surface area contributed by atoms with Gasteiger partial charge in [-0.1, -0.05) is 0 Å². The molecule has 0 saturated carbocycles. The van der Waals surface area contributed by atoms with Gasteiger partial charge in [0, 0.05) is 37.6 Å². The molecule has 0 aliphatic carbocycles. The summed E-state index contributed by atoms with van der Waals surface area (Å²) >= 11 is 0. The van der Waals surface area contributed by atoms with Crippen LogP contribution < -0.4 is 15.1 Å². The highest BCUT2D eigenvalue weighted by Gasteiger charge is 2.33. The Morgan fingerprint density at radius 2 is 1.76 bits per heavy atom. The minimum atomic E-state index is -0.564. The van der Waals surface area contributed by atoms with Gasteiger partial charge in [0.25, 0.3) is 5.91 Å². The Kier molecular flexibility index (Phi) is 4.70. The Morgan fingerprint density at radius 1 is 1.12 bits per heavy atom.